The van der Waals surface area contributed by atoms with Crippen molar-refractivity contribution in [2.24, 2.45) is 5.73 Å². The van der Waals surface area contributed by atoms with E-state index in [1.165, 1.54) is 18.5 Å². The topological polar surface area (TPSA) is 78.6 Å². The minimum atomic E-state index is -0.990. The molecule has 1 aromatic rings. The van der Waals surface area contributed by atoms with Crippen LogP contribution >= 0.6 is 0 Å². The second-order valence-electron chi connectivity index (χ2n) is 4.57. The Morgan fingerprint density at radius 3 is 2.50 bits per heavy atom. The Kier molecular flexibility index (Phi) is 4.04. The first kappa shape index (κ1) is 12.7. The van der Waals surface area contributed by atoms with E-state index >= 15 is 0 Å². The molecule has 0 amide bonds. The van der Waals surface area contributed by atoms with E-state index in [2.05, 4.69) is 22.3 Å². The Labute approximate surface area is 107 Å². The summed E-state index contributed by atoms with van der Waals surface area (Å²) < 4.78 is 0. The summed E-state index contributed by atoms with van der Waals surface area (Å²) in [5.74, 6) is -0.990. The molecule has 1 aromatic carbocycles. The summed E-state index contributed by atoms with van der Waals surface area (Å²) in [5, 5.41) is 11.7. The van der Waals surface area contributed by atoms with Crippen molar-refractivity contribution in [3.05, 3.63) is 24.3 Å². The maximum Gasteiger partial charge on any atom is 0.322 e. The van der Waals surface area contributed by atoms with Gasteiger partial charge in [0, 0.05) is 31.0 Å². The lowest BCUT2D eigenvalue weighted by molar-refractivity contribution is -0.138. The fourth-order valence-electron chi connectivity index (χ4n) is 2.08. The van der Waals surface area contributed by atoms with Crippen molar-refractivity contribution in [2.45, 2.75) is 18.9 Å². The fraction of sp³-hybridized carbons (Fsp3) is 0.462. The van der Waals surface area contributed by atoms with Crippen LogP contribution in [0.3, 0.4) is 0 Å². The molecule has 1 atom stereocenters. The van der Waals surface area contributed by atoms with Crippen LogP contribution in [-0.2, 0) is 4.79 Å². The smallest absolute Gasteiger partial charge is 0.322 e. The van der Waals surface area contributed by atoms with Crippen LogP contribution in [-0.4, -0.2) is 36.8 Å². The second-order valence-corrected chi connectivity index (χ2v) is 4.57. The molecule has 0 aliphatic carbocycles. The highest BCUT2D eigenvalue weighted by Gasteiger charge is 2.12. The minimum Gasteiger partial charge on any atom is -0.480 e. The van der Waals surface area contributed by atoms with Gasteiger partial charge >= 0.3 is 5.97 Å². The van der Waals surface area contributed by atoms with Crippen LogP contribution in [0.25, 0.3) is 0 Å². The molecule has 1 unspecified atom stereocenters. The van der Waals surface area contributed by atoms with Crippen molar-refractivity contribution in [3.8, 4) is 0 Å². The molecule has 98 valence electrons. The van der Waals surface area contributed by atoms with Gasteiger partial charge in [-0.3, -0.25) is 4.79 Å². The Bertz CT molecular complexity index is 399. The van der Waals surface area contributed by atoms with E-state index in [-0.39, 0.29) is 6.54 Å². The molecular formula is C13H19N3O2. The average Bonchev–Trinajstić information content (AvgIpc) is 2.90. The maximum absolute atomic E-state index is 10.6. The number of nitrogens with two attached hydrogens (primary N) is 1. The molecule has 0 spiro atoms. The molecule has 2 rings (SSSR count). The van der Waals surface area contributed by atoms with E-state index in [1.54, 1.807) is 0 Å². The molecule has 0 radical (unpaired) electrons. The van der Waals surface area contributed by atoms with E-state index < -0.39 is 12.0 Å². The van der Waals surface area contributed by atoms with Gasteiger partial charge in [0.05, 0.1) is 0 Å². The van der Waals surface area contributed by atoms with Crippen molar-refractivity contribution in [2.75, 3.05) is 29.9 Å². The maximum atomic E-state index is 10.6. The van der Waals surface area contributed by atoms with Gasteiger partial charge in [-0.15, -0.1) is 0 Å². The van der Waals surface area contributed by atoms with Crippen LogP contribution in [0, 0.1) is 0 Å². The predicted molar refractivity (Wildman–Crippen MR) is 72.0 cm³/mol. The molecule has 4 N–H and O–H groups in total. The lowest BCUT2D eigenvalue weighted by Crippen LogP contribution is -2.36. The average molecular weight is 249 g/mol. The highest BCUT2D eigenvalue weighted by molar-refractivity contribution is 5.74. The van der Waals surface area contributed by atoms with E-state index in [0.29, 0.717) is 0 Å². The van der Waals surface area contributed by atoms with Gasteiger partial charge in [0.2, 0.25) is 0 Å². The van der Waals surface area contributed by atoms with E-state index in [1.807, 2.05) is 12.1 Å². The zero-order chi connectivity index (χ0) is 13.0. The molecule has 5 nitrogen and oxygen atoms in total. The standard InChI is InChI=1S/C13H19N3O2/c14-12(13(17)18)9-15-10-3-5-11(6-4-10)16-7-1-2-8-16/h3-6,12,15H,1-2,7-9,14H2,(H,17,18). The minimum absolute atomic E-state index is 0.235. The molecule has 0 bridgehead atoms. The molecule has 1 aliphatic heterocycles. The van der Waals surface area contributed by atoms with Gasteiger partial charge in [0.15, 0.2) is 0 Å². The van der Waals surface area contributed by atoms with Crippen LogP contribution in [0.5, 0.6) is 0 Å². The Balaban J connectivity index is 1.89. The summed E-state index contributed by atoms with van der Waals surface area (Å²) in [6, 6.07) is 7.16. The number of nitrogens with zero attached hydrogens (tertiary/aromatic N) is 1. The summed E-state index contributed by atoms with van der Waals surface area (Å²) in [4.78, 5) is 12.9. The zero-order valence-electron chi connectivity index (χ0n) is 10.3. The molecular weight excluding hydrogens is 230 g/mol. The normalized spacial score (nSPS) is 16.6. The van der Waals surface area contributed by atoms with Crippen LogP contribution in [0.2, 0.25) is 0 Å². The van der Waals surface area contributed by atoms with Gasteiger partial charge in [0.1, 0.15) is 6.04 Å². The summed E-state index contributed by atoms with van der Waals surface area (Å²) >= 11 is 0. The Morgan fingerprint density at radius 1 is 1.33 bits per heavy atom. The third-order valence-electron chi connectivity index (χ3n) is 3.18. The lowest BCUT2D eigenvalue weighted by Gasteiger charge is -2.18. The zero-order valence-corrected chi connectivity index (χ0v) is 10.3. The SMILES string of the molecule is NC(CNc1ccc(N2CCCC2)cc1)C(=O)O. The number of nitrogens with one attached hydrogen (secondary N) is 1. The number of rotatable bonds is 5. The largest absolute Gasteiger partial charge is 0.480 e. The van der Waals surface area contributed by atoms with E-state index in [9.17, 15) is 4.79 Å². The van der Waals surface area contributed by atoms with Gasteiger partial charge < -0.3 is 21.1 Å². The fourth-order valence-corrected chi connectivity index (χ4v) is 2.08. The molecule has 5 heteroatoms. The summed E-state index contributed by atoms with van der Waals surface area (Å²) in [5.41, 5.74) is 7.54. The van der Waals surface area contributed by atoms with Crippen LogP contribution in [0.15, 0.2) is 24.3 Å². The summed E-state index contributed by atoms with van der Waals surface area (Å²) in [7, 11) is 0. The monoisotopic (exact) mass is 249 g/mol. The van der Waals surface area contributed by atoms with E-state index in [4.69, 9.17) is 10.8 Å². The molecule has 0 aromatic heterocycles. The predicted octanol–water partition coefficient (Wildman–Crippen LogP) is 1.11. The number of hydrogen-bond acceptors (Lipinski definition) is 4. The van der Waals surface area contributed by atoms with Gasteiger partial charge in [-0.2, -0.15) is 0 Å². The molecule has 1 saturated heterocycles. The van der Waals surface area contributed by atoms with Gasteiger partial charge in [-0.25, -0.2) is 0 Å². The van der Waals surface area contributed by atoms with Crippen LogP contribution in [0.1, 0.15) is 12.8 Å². The van der Waals surface area contributed by atoms with Crippen LogP contribution in [0.4, 0.5) is 11.4 Å². The number of hydrogen-bond donors (Lipinski definition) is 3. The van der Waals surface area contributed by atoms with Crippen molar-refractivity contribution in [1.82, 2.24) is 0 Å². The number of carboxylic acids is 1. The highest BCUT2D eigenvalue weighted by Crippen LogP contribution is 2.21. The molecule has 1 heterocycles. The molecule has 18 heavy (non-hydrogen) atoms. The molecule has 1 aliphatic rings. The summed E-state index contributed by atoms with van der Waals surface area (Å²) in [6.07, 6.45) is 2.51. The Morgan fingerprint density at radius 2 is 1.94 bits per heavy atom. The number of benzene rings is 1. The first-order valence-corrected chi connectivity index (χ1v) is 6.24. The van der Waals surface area contributed by atoms with Gasteiger partial charge in [-0.05, 0) is 37.1 Å². The number of carboxylic acid groups (broad SMARTS) is 1. The first-order valence-electron chi connectivity index (χ1n) is 6.24. The van der Waals surface area contributed by atoms with Gasteiger partial charge in [-0.1, -0.05) is 0 Å². The quantitative estimate of drug-likeness (QED) is 0.728. The number of anilines is 2. The number of carbonyl (C=O) groups is 1. The van der Waals surface area contributed by atoms with Crippen molar-refractivity contribution in [3.63, 3.8) is 0 Å². The highest BCUT2D eigenvalue weighted by atomic mass is 16.4. The third kappa shape index (κ3) is 3.13. The van der Waals surface area contributed by atoms with Crippen molar-refractivity contribution >= 4 is 17.3 Å². The summed E-state index contributed by atoms with van der Waals surface area (Å²) in [6.45, 7) is 2.48. The van der Waals surface area contributed by atoms with Crippen molar-refractivity contribution < 1.29 is 9.90 Å². The number of aliphatic carboxylic acids is 1. The Hall–Kier alpha value is -1.75. The van der Waals surface area contributed by atoms with Crippen LogP contribution < -0.4 is 16.0 Å². The third-order valence-corrected chi connectivity index (χ3v) is 3.18. The lowest BCUT2D eigenvalue weighted by atomic mass is 10.2. The van der Waals surface area contributed by atoms with Crippen molar-refractivity contribution in [1.29, 1.82) is 0 Å². The van der Waals surface area contributed by atoms with Gasteiger partial charge in [0.25, 0.3) is 0 Å². The molecule has 0 saturated carbocycles. The molecule has 1 fully saturated rings. The second kappa shape index (κ2) is 5.73. The van der Waals surface area contributed by atoms with E-state index in [0.717, 1.165) is 18.8 Å². The first-order chi connectivity index (χ1) is 8.66.